The van der Waals surface area contributed by atoms with Crippen LogP contribution in [-0.2, 0) is 0 Å². The number of hydrogen-bond acceptors (Lipinski definition) is 1. The summed E-state index contributed by atoms with van der Waals surface area (Å²) in [6, 6.07) is 0. The summed E-state index contributed by atoms with van der Waals surface area (Å²) in [5, 5.41) is 3.45. The first-order chi connectivity index (χ1) is 5.76. The van der Waals surface area contributed by atoms with Gasteiger partial charge in [0.1, 0.15) is 0 Å². The molecule has 1 heterocycles. The van der Waals surface area contributed by atoms with Crippen LogP contribution in [0.3, 0.4) is 0 Å². The molecule has 0 aromatic heterocycles. The molecule has 0 radical (unpaired) electrons. The highest BCUT2D eigenvalue weighted by Crippen LogP contribution is 2.59. The van der Waals surface area contributed by atoms with Crippen molar-refractivity contribution in [3.05, 3.63) is 0 Å². The van der Waals surface area contributed by atoms with Crippen LogP contribution in [0.2, 0.25) is 0 Å². The summed E-state index contributed by atoms with van der Waals surface area (Å²) in [4.78, 5) is 0. The predicted molar refractivity (Wildman–Crippen MR) is 52.1 cm³/mol. The summed E-state index contributed by atoms with van der Waals surface area (Å²) < 4.78 is 0. The molecule has 1 aliphatic heterocycles. The van der Waals surface area contributed by atoms with Gasteiger partial charge >= 0.3 is 0 Å². The number of rotatable bonds is 2. The van der Waals surface area contributed by atoms with Crippen molar-refractivity contribution >= 4 is 0 Å². The van der Waals surface area contributed by atoms with Crippen LogP contribution in [0.1, 0.15) is 39.5 Å². The van der Waals surface area contributed by atoms with Crippen molar-refractivity contribution in [2.24, 2.45) is 17.3 Å². The normalized spacial score (nSPS) is 29.2. The second kappa shape index (κ2) is 3.02. The van der Waals surface area contributed by atoms with Gasteiger partial charge < -0.3 is 5.32 Å². The van der Waals surface area contributed by atoms with Gasteiger partial charge in [-0.15, -0.1) is 0 Å². The second-order valence-electron chi connectivity index (χ2n) is 4.91. The first kappa shape index (κ1) is 8.55. The highest BCUT2D eigenvalue weighted by atomic mass is 14.9. The van der Waals surface area contributed by atoms with E-state index in [1.54, 1.807) is 0 Å². The molecule has 2 rings (SSSR count). The van der Waals surface area contributed by atoms with Gasteiger partial charge in [0.25, 0.3) is 0 Å². The van der Waals surface area contributed by atoms with Crippen LogP contribution >= 0.6 is 0 Å². The summed E-state index contributed by atoms with van der Waals surface area (Å²) in [7, 11) is 0. The van der Waals surface area contributed by atoms with Gasteiger partial charge in [-0.1, -0.05) is 13.8 Å². The van der Waals surface area contributed by atoms with Crippen molar-refractivity contribution in [2.75, 3.05) is 13.1 Å². The van der Waals surface area contributed by atoms with E-state index >= 15 is 0 Å². The van der Waals surface area contributed by atoms with Crippen LogP contribution in [0.15, 0.2) is 0 Å². The molecule has 70 valence electrons. The summed E-state index contributed by atoms with van der Waals surface area (Å²) in [5.74, 6) is 1.96. The van der Waals surface area contributed by atoms with Gasteiger partial charge in [-0.05, 0) is 56.0 Å². The highest BCUT2D eigenvalue weighted by molar-refractivity contribution is 5.01. The van der Waals surface area contributed by atoms with E-state index < -0.39 is 0 Å². The maximum absolute atomic E-state index is 3.45. The lowest BCUT2D eigenvalue weighted by Gasteiger charge is -2.33. The standard InChI is InChI=1S/C11H21N/c1-9(2)11(5-6-11)10-3-7-12-8-4-10/h9-10,12H,3-8H2,1-2H3. The molecule has 0 aromatic carbocycles. The van der Waals surface area contributed by atoms with E-state index in [-0.39, 0.29) is 0 Å². The molecule has 0 bridgehead atoms. The fourth-order valence-corrected chi connectivity index (χ4v) is 3.00. The molecule has 12 heavy (non-hydrogen) atoms. The molecular weight excluding hydrogens is 146 g/mol. The Morgan fingerprint density at radius 1 is 1.17 bits per heavy atom. The summed E-state index contributed by atoms with van der Waals surface area (Å²) in [6.07, 6.45) is 5.88. The lowest BCUT2D eigenvalue weighted by atomic mass is 9.75. The van der Waals surface area contributed by atoms with Crippen molar-refractivity contribution < 1.29 is 0 Å². The summed E-state index contributed by atoms with van der Waals surface area (Å²) in [6.45, 7) is 7.35. The first-order valence-corrected chi connectivity index (χ1v) is 5.46. The van der Waals surface area contributed by atoms with E-state index in [9.17, 15) is 0 Å². The molecule has 1 nitrogen and oxygen atoms in total. The largest absolute Gasteiger partial charge is 0.317 e. The number of nitrogens with one attached hydrogen (secondary N) is 1. The van der Waals surface area contributed by atoms with E-state index in [1.165, 1.54) is 38.8 Å². The smallest absolute Gasteiger partial charge is 0.00461 e. The van der Waals surface area contributed by atoms with Gasteiger partial charge in [-0.25, -0.2) is 0 Å². The Morgan fingerprint density at radius 2 is 1.75 bits per heavy atom. The third-order valence-electron chi connectivity index (χ3n) is 4.13. The Morgan fingerprint density at radius 3 is 2.17 bits per heavy atom. The van der Waals surface area contributed by atoms with Crippen LogP contribution in [0.5, 0.6) is 0 Å². The minimum atomic E-state index is 0.780. The minimum Gasteiger partial charge on any atom is -0.317 e. The Balaban J connectivity index is 1.97. The molecule has 0 unspecified atom stereocenters. The SMILES string of the molecule is CC(C)C1(C2CCNCC2)CC1. The van der Waals surface area contributed by atoms with Crippen molar-refractivity contribution in [3.8, 4) is 0 Å². The average molecular weight is 167 g/mol. The third kappa shape index (κ3) is 1.28. The lowest BCUT2D eigenvalue weighted by molar-refractivity contribution is 0.180. The fourth-order valence-electron chi connectivity index (χ4n) is 3.00. The quantitative estimate of drug-likeness (QED) is 0.666. The Bertz CT molecular complexity index is 152. The highest BCUT2D eigenvalue weighted by Gasteiger charge is 2.50. The molecule has 0 aromatic rings. The zero-order valence-corrected chi connectivity index (χ0v) is 8.40. The zero-order chi connectivity index (χ0) is 8.60. The fraction of sp³-hybridized carbons (Fsp3) is 1.00. The van der Waals surface area contributed by atoms with E-state index in [0.29, 0.717) is 0 Å². The van der Waals surface area contributed by atoms with Crippen LogP contribution < -0.4 is 5.32 Å². The van der Waals surface area contributed by atoms with Crippen LogP contribution in [0.25, 0.3) is 0 Å². The molecule has 1 saturated carbocycles. The van der Waals surface area contributed by atoms with Crippen LogP contribution in [0, 0.1) is 17.3 Å². The average Bonchev–Trinajstić information content (AvgIpc) is 2.86. The van der Waals surface area contributed by atoms with E-state index in [4.69, 9.17) is 0 Å². The topological polar surface area (TPSA) is 12.0 Å². The minimum absolute atomic E-state index is 0.780. The van der Waals surface area contributed by atoms with Gasteiger partial charge in [0.15, 0.2) is 0 Å². The van der Waals surface area contributed by atoms with Crippen LogP contribution in [0.4, 0.5) is 0 Å². The van der Waals surface area contributed by atoms with Gasteiger partial charge in [-0.2, -0.15) is 0 Å². The second-order valence-corrected chi connectivity index (χ2v) is 4.91. The molecular formula is C11H21N. The Kier molecular flexibility index (Phi) is 2.16. The Labute approximate surface area is 75.9 Å². The van der Waals surface area contributed by atoms with Gasteiger partial charge in [0, 0.05) is 0 Å². The van der Waals surface area contributed by atoms with Crippen molar-refractivity contribution in [1.82, 2.24) is 5.32 Å². The van der Waals surface area contributed by atoms with E-state index in [0.717, 1.165) is 17.3 Å². The Hall–Kier alpha value is -0.0400. The van der Waals surface area contributed by atoms with E-state index in [1.807, 2.05) is 0 Å². The number of piperidine rings is 1. The summed E-state index contributed by atoms with van der Waals surface area (Å²) in [5.41, 5.74) is 0.780. The maximum Gasteiger partial charge on any atom is -0.00461 e. The molecule has 1 heteroatoms. The molecule has 1 N–H and O–H groups in total. The molecule has 1 saturated heterocycles. The third-order valence-corrected chi connectivity index (χ3v) is 4.13. The molecule has 0 amide bonds. The molecule has 1 aliphatic carbocycles. The maximum atomic E-state index is 3.45. The predicted octanol–water partition coefficient (Wildman–Crippen LogP) is 2.42. The molecule has 2 aliphatic rings. The van der Waals surface area contributed by atoms with Gasteiger partial charge in [0.2, 0.25) is 0 Å². The molecule has 0 atom stereocenters. The zero-order valence-electron chi connectivity index (χ0n) is 8.40. The lowest BCUT2D eigenvalue weighted by Crippen LogP contribution is -2.34. The van der Waals surface area contributed by atoms with Crippen molar-refractivity contribution in [1.29, 1.82) is 0 Å². The first-order valence-electron chi connectivity index (χ1n) is 5.46. The van der Waals surface area contributed by atoms with Gasteiger partial charge in [-0.3, -0.25) is 0 Å². The number of hydrogen-bond donors (Lipinski definition) is 1. The molecule has 0 spiro atoms. The van der Waals surface area contributed by atoms with Crippen molar-refractivity contribution in [2.45, 2.75) is 39.5 Å². The summed E-state index contributed by atoms with van der Waals surface area (Å²) >= 11 is 0. The van der Waals surface area contributed by atoms with E-state index in [2.05, 4.69) is 19.2 Å². The monoisotopic (exact) mass is 167 g/mol. The van der Waals surface area contributed by atoms with Gasteiger partial charge in [0.05, 0.1) is 0 Å². The molecule has 2 fully saturated rings. The van der Waals surface area contributed by atoms with Crippen LogP contribution in [-0.4, -0.2) is 13.1 Å². The van der Waals surface area contributed by atoms with Crippen molar-refractivity contribution in [3.63, 3.8) is 0 Å².